The number of hydrogen-bond acceptors (Lipinski definition) is 2. The molecule has 0 radical (unpaired) electrons. The van der Waals surface area contributed by atoms with Gasteiger partial charge < -0.3 is 4.74 Å². The second-order valence-corrected chi connectivity index (χ2v) is 1.76. The average Bonchev–Trinajstić information content (AvgIpc) is 1.90. The normalized spacial score (nSPS) is 21.0. The van der Waals surface area contributed by atoms with Gasteiger partial charge in [0.05, 0.1) is 6.73 Å². The molecule has 1 N–H and O–H groups in total. The van der Waals surface area contributed by atoms with Crippen molar-refractivity contribution in [3.63, 3.8) is 0 Å². The van der Waals surface area contributed by atoms with Crippen molar-refractivity contribution in [1.29, 1.82) is 0 Å². The van der Waals surface area contributed by atoms with Crippen molar-refractivity contribution >= 4 is 12.4 Å². The third-order valence-corrected chi connectivity index (χ3v) is 1.10. The lowest BCUT2D eigenvalue weighted by molar-refractivity contribution is 0.132. The Balaban J connectivity index is 0.000000490. The van der Waals surface area contributed by atoms with Gasteiger partial charge >= 0.3 is 0 Å². The number of halogens is 1. The molecule has 1 saturated heterocycles. The summed E-state index contributed by atoms with van der Waals surface area (Å²) < 4.78 is 5.08. The fourth-order valence-electron chi connectivity index (χ4n) is 0.671. The molecule has 2 nitrogen and oxygen atoms in total. The van der Waals surface area contributed by atoms with Gasteiger partial charge in [-0.25, -0.2) is 0 Å². The lowest BCUT2D eigenvalue weighted by Crippen LogP contribution is -2.14. The third-order valence-electron chi connectivity index (χ3n) is 1.10. The Morgan fingerprint density at radius 3 is 3.00 bits per heavy atom. The molecule has 0 aromatic heterocycles. The van der Waals surface area contributed by atoms with Gasteiger partial charge in [-0.2, -0.15) is 0 Å². The first kappa shape index (κ1) is 8.21. The molecule has 3 heteroatoms. The molecular formula is C5H12ClNO. The molecule has 0 spiro atoms. The van der Waals surface area contributed by atoms with Gasteiger partial charge in [-0.05, 0) is 19.4 Å². The van der Waals surface area contributed by atoms with E-state index in [0.717, 1.165) is 19.9 Å². The Labute approximate surface area is 56.0 Å². The summed E-state index contributed by atoms with van der Waals surface area (Å²) in [5, 5.41) is 3.12. The minimum absolute atomic E-state index is 0. The molecule has 1 aliphatic heterocycles. The predicted octanol–water partition coefficient (Wildman–Crippen LogP) is 0.766. The molecule has 0 aliphatic carbocycles. The van der Waals surface area contributed by atoms with Crippen LogP contribution in [0, 0.1) is 0 Å². The first-order chi connectivity index (χ1) is 3.50. The van der Waals surface area contributed by atoms with Gasteiger partial charge in [0.1, 0.15) is 0 Å². The maximum absolute atomic E-state index is 5.08. The predicted molar refractivity (Wildman–Crippen MR) is 35.3 cm³/mol. The van der Waals surface area contributed by atoms with Gasteiger partial charge in [0.2, 0.25) is 0 Å². The molecule has 0 unspecified atom stereocenters. The standard InChI is InChI=1S/C5H11NO.ClH/c1-2-4-7-5-6-3-1;/h6H,1-5H2;1H. The molecule has 50 valence electrons. The van der Waals surface area contributed by atoms with Crippen molar-refractivity contribution in [3.8, 4) is 0 Å². The highest BCUT2D eigenvalue weighted by molar-refractivity contribution is 5.85. The number of hydrogen-bond donors (Lipinski definition) is 1. The fourth-order valence-corrected chi connectivity index (χ4v) is 0.671. The molecule has 0 aromatic carbocycles. The van der Waals surface area contributed by atoms with E-state index in [-0.39, 0.29) is 12.4 Å². The zero-order chi connectivity index (χ0) is 4.95. The topological polar surface area (TPSA) is 21.3 Å². The van der Waals surface area contributed by atoms with Gasteiger partial charge in [-0.1, -0.05) is 0 Å². The summed E-state index contributed by atoms with van der Waals surface area (Å²) in [4.78, 5) is 0. The van der Waals surface area contributed by atoms with Crippen LogP contribution in [0.15, 0.2) is 0 Å². The van der Waals surface area contributed by atoms with Crippen molar-refractivity contribution in [1.82, 2.24) is 5.32 Å². The van der Waals surface area contributed by atoms with Gasteiger partial charge in [-0.15, -0.1) is 12.4 Å². The first-order valence-corrected chi connectivity index (χ1v) is 2.78. The van der Waals surface area contributed by atoms with E-state index in [4.69, 9.17) is 4.74 Å². The van der Waals surface area contributed by atoms with E-state index in [0.29, 0.717) is 0 Å². The molecular weight excluding hydrogens is 126 g/mol. The van der Waals surface area contributed by atoms with E-state index in [9.17, 15) is 0 Å². The highest BCUT2D eigenvalue weighted by Crippen LogP contribution is 1.90. The molecule has 0 atom stereocenters. The summed E-state index contributed by atoms with van der Waals surface area (Å²) >= 11 is 0. The Morgan fingerprint density at radius 1 is 1.25 bits per heavy atom. The summed E-state index contributed by atoms with van der Waals surface area (Å²) in [5.41, 5.74) is 0. The van der Waals surface area contributed by atoms with Crippen LogP contribution in [0.3, 0.4) is 0 Å². The van der Waals surface area contributed by atoms with Crippen LogP contribution in [0.1, 0.15) is 12.8 Å². The summed E-state index contributed by atoms with van der Waals surface area (Å²) in [6, 6.07) is 0. The quantitative estimate of drug-likeness (QED) is 0.533. The van der Waals surface area contributed by atoms with Crippen LogP contribution in [0.25, 0.3) is 0 Å². The zero-order valence-corrected chi connectivity index (χ0v) is 5.67. The van der Waals surface area contributed by atoms with E-state index >= 15 is 0 Å². The highest BCUT2D eigenvalue weighted by Gasteiger charge is 1.93. The molecule has 0 saturated carbocycles. The number of nitrogens with one attached hydrogen (secondary N) is 1. The molecule has 8 heavy (non-hydrogen) atoms. The van der Waals surface area contributed by atoms with Gasteiger partial charge in [0.25, 0.3) is 0 Å². The minimum Gasteiger partial charge on any atom is -0.366 e. The van der Waals surface area contributed by atoms with Crippen molar-refractivity contribution < 1.29 is 4.74 Å². The van der Waals surface area contributed by atoms with E-state index < -0.39 is 0 Å². The fraction of sp³-hybridized carbons (Fsp3) is 1.00. The smallest absolute Gasteiger partial charge is 0.0965 e. The Hall–Kier alpha value is 0.210. The third kappa shape index (κ3) is 3.24. The molecule has 1 fully saturated rings. The molecule has 0 bridgehead atoms. The molecule has 1 heterocycles. The molecule has 1 aliphatic rings. The molecule has 0 amide bonds. The number of rotatable bonds is 0. The average molecular weight is 138 g/mol. The van der Waals surface area contributed by atoms with Crippen LogP contribution in [0.5, 0.6) is 0 Å². The van der Waals surface area contributed by atoms with E-state index in [1.165, 1.54) is 12.8 Å². The molecule has 1 rings (SSSR count). The van der Waals surface area contributed by atoms with Crippen molar-refractivity contribution in [2.24, 2.45) is 0 Å². The van der Waals surface area contributed by atoms with Crippen molar-refractivity contribution in [2.75, 3.05) is 19.9 Å². The second kappa shape index (κ2) is 5.35. The van der Waals surface area contributed by atoms with Gasteiger partial charge in [0, 0.05) is 6.61 Å². The summed E-state index contributed by atoms with van der Waals surface area (Å²) in [6.07, 6.45) is 2.48. The minimum atomic E-state index is 0. The lowest BCUT2D eigenvalue weighted by atomic mass is 10.3. The van der Waals surface area contributed by atoms with Crippen LogP contribution in [0.2, 0.25) is 0 Å². The summed E-state index contributed by atoms with van der Waals surface area (Å²) in [6.45, 7) is 2.81. The van der Waals surface area contributed by atoms with Crippen LogP contribution in [-0.2, 0) is 4.74 Å². The van der Waals surface area contributed by atoms with Crippen molar-refractivity contribution in [2.45, 2.75) is 12.8 Å². The second-order valence-electron chi connectivity index (χ2n) is 1.76. The molecule has 0 aromatic rings. The Morgan fingerprint density at radius 2 is 2.12 bits per heavy atom. The maximum Gasteiger partial charge on any atom is 0.0965 e. The van der Waals surface area contributed by atoms with Gasteiger partial charge in [0.15, 0.2) is 0 Å². The summed E-state index contributed by atoms with van der Waals surface area (Å²) in [7, 11) is 0. The first-order valence-electron chi connectivity index (χ1n) is 2.78. The summed E-state index contributed by atoms with van der Waals surface area (Å²) in [5.74, 6) is 0. The van der Waals surface area contributed by atoms with Crippen LogP contribution >= 0.6 is 12.4 Å². The maximum atomic E-state index is 5.08. The monoisotopic (exact) mass is 137 g/mol. The van der Waals surface area contributed by atoms with Crippen molar-refractivity contribution in [3.05, 3.63) is 0 Å². The number of ether oxygens (including phenoxy) is 1. The zero-order valence-electron chi connectivity index (χ0n) is 4.85. The van der Waals surface area contributed by atoms with E-state index in [1.807, 2.05) is 0 Å². The van der Waals surface area contributed by atoms with E-state index in [2.05, 4.69) is 5.32 Å². The van der Waals surface area contributed by atoms with Crippen LogP contribution in [0.4, 0.5) is 0 Å². The Kier molecular flexibility index (Phi) is 5.49. The highest BCUT2D eigenvalue weighted by atomic mass is 35.5. The van der Waals surface area contributed by atoms with Crippen LogP contribution in [-0.4, -0.2) is 19.9 Å². The lowest BCUT2D eigenvalue weighted by Gasteiger charge is -1.93. The Bertz CT molecular complexity index is 32.0. The van der Waals surface area contributed by atoms with E-state index in [1.54, 1.807) is 0 Å². The van der Waals surface area contributed by atoms with Crippen LogP contribution < -0.4 is 5.32 Å². The van der Waals surface area contributed by atoms with Gasteiger partial charge in [-0.3, -0.25) is 5.32 Å². The SMILES string of the molecule is C1CCOCNC1.Cl. The largest absolute Gasteiger partial charge is 0.366 e.